The number of amides is 3. The number of rotatable bonds is 8. The molecule has 0 aromatic heterocycles. The maximum atomic E-state index is 12.2. The number of hydrogen-bond donors (Lipinski definition) is 3. The normalized spacial score (nSPS) is 10.9. The first-order chi connectivity index (χ1) is 9.11. The third kappa shape index (κ3) is 9.94. The van der Waals surface area contributed by atoms with Gasteiger partial charge in [-0.05, 0) is 0 Å². The van der Waals surface area contributed by atoms with Gasteiger partial charge in [0.05, 0.1) is 6.61 Å². The van der Waals surface area contributed by atoms with Gasteiger partial charge in [-0.3, -0.25) is 9.59 Å². The Bertz CT molecular complexity index is 361. The van der Waals surface area contributed by atoms with Crippen molar-refractivity contribution >= 4 is 17.9 Å². The van der Waals surface area contributed by atoms with Crippen molar-refractivity contribution in [3.8, 4) is 0 Å². The molecule has 0 aliphatic heterocycles. The van der Waals surface area contributed by atoms with Crippen LogP contribution in [0.4, 0.5) is 18.0 Å². The van der Waals surface area contributed by atoms with Gasteiger partial charge in [-0.25, -0.2) is 4.79 Å². The molecule has 20 heavy (non-hydrogen) atoms. The summed E-state index contributed by atoms with van der Waals surface area (Å²) in [5, 5.41) is 10.5. The topological polar surface area (TPSA) is 122 Å². The third-order valence-electron chi connectivity index (χ3n) is 1.75. The summed E-state index contributed by atoms with van der Waals surface area (Å²) >= 11 is 0. The van der Waals surface area contributed by atoms with Gasteiger partial charge >= 0.3 is 18.2 Å². The van der Waals surface area contributed by atoms with Crippen LogP contribution in [0.2, 0.25) is 0 Å². The summed E-state index contributed by atoms with van der Waals surface area (Å²) in [6.45, 7) is -3.51. The highest BCUT2D eigenvalue weighted by Gasteiger charge is 2.33. The van der Waals surface area contributed by atoms with E-state index >= 15 is 0 Å². The number of alkyl halides is 3. The van der Waals surface area contributed by atoms with Crippen molar-refractivity contribution in [2.45, 2.75) is 6.18 Å². The molecule has 0 aliphatic carbocycles. The van der Waals surface area contributed by atoms with Crippen molar-refractivity contribution < 1.29 is 37.4 Å². The molecule has 0 radical (unpaired) electrons. The fourth-order valence-electron chi connectivity index (χ4n) is 1.09. The largest absolute Gasteiger partial charge is 0.480 e. The molecule has 8 nitrogen and oxygen atoms in total. The summed E-state index contributed by atoms with van der Waals surface area (Å²) in [6.07, 6.45) is -4.71. The number of aliphatic carboxylic acids is 1. The minimum atomic E-state index is -4.71. The number of urea groups is 1. The van der Waals surface area contributed by atoms with E-state index in [9.17, 15) is 27.6 Å². The van der Waals surface area contributed by atoms with Crippen LogP contribution in [-0.2, 0) is 14.3 Å². The van der Waals surface area contributed by atoms with Gasteiger partial charge in [0, 0.05) is 6.54 Å². The zero-order valence-corrected chi connectivity index (χ0v) is 10.3. The van der Waals surface area contributed by atoms with E-state index in [0.29, 0.717) is 0 Å². The first kappa shape index (κ1) is 18.0. The molecule has 4 N–H and O–H groups in total. The van der Waals surface area contributed by atoms with E-state index in [1.54, 1.807) is 0 Å². The van der Waals surface area contributed by atoms with Crippen LogP contribution in [0.3, 0.4) is 0 Å². The van der Waals surface area contributed by atoms with Crippen LogP contribution < -0.4 is 11.1 Å². The van der Waals surface area contributed by atoms with Gasteiger partial charge in [0.1, 0.15) is 19.7 Å². The zero-order chi connectivity index (χ0) is 15.8. The molecule has 11 heteroatoms. The molecule has 0 heterocycles. The highest BCUT2D eigenvalue weighted by Crippen LogP contribution is 2.16. The Hall–Kier alpha value is -2.04. The standard InChI is InChI=1S/C9H14F3N3O5/c10-9(11,12)5-15(3-7(17)18)8(19)14-1-2-20-4-6(13)16/h1-5H2,(H2,13,16)(H,14,19)(H,17,18). The molecule has 0 atom stereocenters. The molecule has 0 spiro atoms. The lowest BCUT2D eigenvalue weighted by molar-refractivity contribution is -0.149. The van der Waals surface area contributed by atoms with E-state index in [1.807, 2.05) is 5.32 Å². The van der Waals surface area contributed by atoms with Gasteiger partial charge < -0.3 is 25.8 Å². The first-order valence-corrected chi connectivity index (χ1v) is 5.29. The lowest BCUT2D eigenvalue weighted by Crippen LogP contribution is -2.47. The van der Waals surface area contributed by atoms with Gasteiger partial charge in [-0.2, -0.15) is 13.2 Å². The van der Waals surface area contributed by atoms with Crippen LogP contribution in [0.25, 0.3) is 0 Å². The maximum Gasteiger partial charge on any atom is 0.406 e. The van der Waals surface area contributed by atoms with E-state index in [4.69, 9.17) is 10.8 Å². The van der Waals surface area contributed by atoms with Crippen molar-refractivity contribution in [3.63, 3.8) is 0 Å². The second-order valence-corrected chi connectivity index (χ2v) is 3.62. The third-order valence-corrected chi connectivity index (χ3v) is 1.75. The van der Waals surface area contributed by atoms with Crippen LogP contribution in [0, 0.1) is 0 Å². The fourth-order valence-corrected chi connectivity index (χ4v) is 1.09. The SMILES string of the molecule is NC(=O)COCCNC(=O)N(CC(=O)O)CC(F)(F)F. The van der Waals surface area contributed by atoms with Crippen LogP contribution in [0.5, 0.6) is 0 Å². The number of nitrogens with two attached hydrogens (primary N) is 1. The predicted octanol–water partition coefficient (Wildman–Crippen LogP) is -0.853. The number of primary amides is 1. The van der Waals surface area contributed by atoms with E-state index in [-0.39, 0.29) is 18.1 Å². The molecular formula is C9H14F3N3O5. The van der Waals surface area contributed by atoms with Crippen molar-refractivity contribution in [1.29, 1.82) is 0 Å². The molecule has 0 rings (SSSR count). The van der Waals surface area contributed by atoms with Gasteiger partial charge in [-0.1, -0.05) is 0 Å². The molecule has 0 saturated heterocycles. The molecule has 3 amide bonds. The number of carbonyl (C=O) groups is 3. The lowest BCUT2D eigenvalue weighted by atomic mass is 10.4. The monoisotopic (exact) mass is 301 g/mol. The van der Waals surface area contributed by atoms with Gasteiger partial charge in [0.25, 0.3) is 0 Å². The number of ether oxygens (including phenoxy) is 1. The van der Waals surface area contributed by atoms with Gasteiger partial charge in [0.15, 0.2) is 0 Å². The van der Waals surface area contributed by atoms with Gasteiger partial charge in [0.2, 0.25) is 5.91 Å². The van der Waals surface area contributed by atoms with E-state index in [2.05, 4.69) is 4.74 Å². The Labute approximate surface area is 111 Å². The molecule has 0 bridgehead atoms. The van der Waals surface area contributed by atoms with Crippen molar-refractivity contribution in [3.05, 3.63) is 0 Å². The molecule has 0 aliphatic rings. The number of carboxylic acid groups (broad SMARTS) is 1. The average molecular weight is 301 g/mol. The summed E-state index contributed by atoms with van der Waals surface area (Å²) in [6, 6.07) is -1.20. The number of nitrogens with zero attached hydrogens (tertiary/aromatic N) is 1. The smallest absolute Gasteiger partial charge is 0.406 e. The lowest BCUT2D eigenvalue weighted by Gasteiger charge is -2.22. The summed E-state index contributed by atoms with van der Waals surface area (Å²) in [4.78, 5) is 32.1. The quantitative estimate of drug-likeness (QED) is 0.504. The molecule has 116 valence electrons. The number of hydrogen-bond acceptors (Lipinski definition) is 4. The fraction of sp³-hybridized carbons (Fsp3) is 0.667. The minimum Gasteiger partial charge on any atom is -0.480 e. The average Bonchev–Trinajstić information content (AvgIpc) is 2.24. The van der Waals surface area contributed by atoms with Crippen LogP contribution in [0.15, 0.2) is 0 Å². The first-order valence-electron chi connectivity index (χ1n) is 5.29. The second kappa shape index (κ2) is 8.19. The number of nitrogens with one attached hydrogen (secondary N) is 1. The Balaban J connectivity index is 4.20. The Morgan fingerprint density at radius 2 is 1.90 bits per heavy atom. The maximum absolute atomic E-state index is 12.2. The summed E-state index contributed by atoms with van der Waals surface area (Å²) < 4.78 is 41.1. The Kier molecular flexibility index (Phi) is 7.36. The minimum absolute atomic E-state index is 0.0937. The van der Waals surface area contributed by atoms with E-state index in [0.717, 1.165) is 0 Å². The van der Waals surface area contributed by atoms with E-state index in [1.165, 1.54) is 0 Å². The highest BCUT2D eigenvalue weighted by molar-refractivity contribution is 5.80. The summed E-state index contributed by atoms with van der Waals surface area (Å²) in [5.41, 5.74) is 4.76. The summed E-state index contributed by atoms with van der Waals surface area (Å²) in [7, 11) is 0. The van der Waals surface area contributed by atoms with Crippen LogP contribution >= 0.6 is 0 Å². The number of halogens is 3. The highest BCUT2D eigenvalue weighted by atomic mass is 19.4. The van der Waals surface area contributed by atoms with Crippen molar-refractivity contribution in [2.75, 3.05) is 32.8 Å². The second-order valence-electron chi connectivity index (χ2n) is 3.62. The van der Waals surface area contributed by atoms with Crippen molar-refractivity contribution in [2.24, 2.45) is 5.73 Å². The molecule has 0 aromatic carbocycles. The van der Waals surface area contributed by atoms with Crippen molar-refractivity contribution in [1.82, 2.24) is 10.2 Å². The molecule has 0 fully saturated rings. The molecule has 0 unspecified atom stereocenters. The Morgan fingerprint density at radius 3 is 2.35 bits per heavy atom. The van der Waals surface area contributed by atoms with Gasteiger partial charge in [-0.15, -0.1) is 0 Å². The molecule has 0 aromatic rings. The number of carbonyl (C=O) groups excluding carboxylic acids is 2. The molecule has 0 saturated carbocycles. The number of carboxylic acids is 1. The molecular weight excluding hydrogens is 287 g/mol. The van der Waals surface area contributed by atoms with Crippen LogP contribution in [0.1, 0.15) is 0 Å². The Morgan fingerprint density at radius 1 is 1.30 bits per heavy atom. The van der Waals surface area contributed by atoms with Crippen LogP contribution in [-0.4, -0.2) is 66.9 Å². The van der Waals surface area contributed by atoms with E-state index < -0.39 is 43.8 Å². The summed E-state index contributed by atoms with van der Waals surface area (Å²) in [5.74, 6) is -2.31. The predicted molar refractivity (Wildman–Crippen MR) is 58.7 cm³/mol. The zero-order valence-electron chi connectivity index (χ0n) is 10.3.